The van der Waals surface area contributed by atoms with Crippen molar-refractivity contribution < 1.29 is 40.2 Å². The number of allylic oxidation sites excluding steroid dienone is 3. The molecule has 2 nitrogen and oxygen atoms in total. The fourth-order valence-corrected chi connectivity index (χ4v) is 5.67. The van der Waals surface area contributed by atoms with Crippen LogP contribution in [-0.4, -0.2) is 12.7 Å². The molecular weight excluding hydrogens is 537 g/mol. The summed E-state index contributed by atoms with van der Waals surface area (Å²) in [6, 6.07) is 3.28. The van der Waals surface area contributed by atoms with E-state index in [9.17, 15) is 30.7 Å². The molecule has 0 atom stereocenters. The highest BCUT2D eigenvalue weighted by Crippen LogP contribution is 2.42. The smallest absolute Gasteiger partial charge is 0.400 e. The highest BCUT2D eigenvalue weighted by Gasteiger charge is 2.44. The molecule has 0 spiro atoms. The highest BCUT2D eigenvalue weighted by atomic mass is 19.3. The van der Waals surface area contributed by atoms with E-state index in [1.165, 1.54) is 12.1 Å². The Labute approximate surface area is 229 Å². The SMILES string of the molecule is C/C=C/COc1cc(F)c(C2CCC(/C=C/C3CCC(C(F)(F)Oc4cc(F)c(F)c(F)c4)CC3)CC2)c(F)c1. The lowest BCUT2D eigenvalue weighted by molar-refractivity contribution is -0.223. The van der Waals surface area contributed by atoms with E-state index in [-0.39, 0.29) is 48.5 Å². The standard InChI is InChI=1S/C31H33F7O2/c1-2-3-14-39-23-15-25(32)29(26(33)16-23)21-10-6-19(7-11-21)4-5-20-8-12-22(13-9-20)31(37,38)40-24-17-27(34)30(36)28(35)18-24/h2-5,15-22H,6-14H2,1H3/b3-2+,5-4+. The summed E-state index contributed by atoms with van der Waals surface area (Å²) in [5.74, 6) is -7.70. The molecule has 2 aromatic carbocycles. The molecule has 0 radical (unpaired) electrons. The second kappa shape index (κ2) is 13.1. The average molecular weight is 571 g/mol. The van der Waals surface area contributed by atoms with Gasteiger partial charge in [-0.3, -0.25) is 0 Å². The highest BCUT2D eigenvalue weighted by molar-refractivity contribution is 5.33. The Morgan fingerprint density at radius 1 is 0.725 bits per heavy atom. The Balaban J connectivity index is 1.25. The molecule has 2 aromatic rings. The van der Waals surface area contributed by atoms with Gasteiger partial charge in [-0.1, -0.05) is 24.3 Å². The fourth-order valence-electron chi connectivity index (χ4n) is 5.67. The first-order valence-corrected chi connectivity index (χ1v) is 13.7. The van der Waals surface area contributed by atoms with Crippen LogP contribution in [0.2, 0.25) is 0 Å². The Hall–Kier alpha value is -2.97. The van der Waals surface area contributed by atoms with E-state index < -0.39 is 46.9 Å². The largest absolute Gasteiger partial charge is 0.489 e. The van der Waals surface area contributed by atoms with Crippen LogP contribution < -0.4 is 9.47 Å². The Morgan fingerprint density at radius 3 is 1.75 bits per heavy atom. The Bertz CT molecular complexity index is 1160. The minimum absolute atomic E-state index is 0.105. The maximum atomic E-state index is 14.7. The topological polar surface area (TPSA) is 18.5 Å². The van der Waals surface area contributed by atoms with Gasteiger partial charge in [0.25, 0.3) is 0 Å². The van der Waals surface area contributed by atoms with E-state index in [0.717, 1.165) is 12.8 Å². The number of ether oxygens (including phenoxy) is 2. The van der Waals surface area contributed by atoms with Gasteiger partial charge >= 0.3 is 6.11 Å². The first-order valence-electron chi connectivity index (χ1n) is 13.7. The van der Waals surface area contributed by atoms with Crippen molar-refractivity contribution in [2.24, 2.45) is 17.8 Å². The average Bonchev–Trinajstić information content (AvgIpc) is 2.91. The quantitative estimate of drug-likeness (QED) is 0.170. The molecule has 2 aliphatic carbocycles. The summed E-state index contributed by atoms with van der Waals surface area (Å²) in [5, 5.41) is 0. The zero-order valence-corrected chi connectivity index (χ0v) is 22.3. The fraction of sp³-hybridized carbons (Fsp3) is 0.484. The van der Waals surface area contributed by atoms with Crippen LogP contribution in [0.5, 0.6) is 11.5 Å². The third-order valence-corrected chi connectivity index (χ3v) is 7.93. The molecule has 2 fully saturated rings. The summed E-state index contributed by atoms with van der Waals surface area (Å²) in [6.07, 6.45) is 8.17. The lowest BCUT2D eigenvalue weighted by Crippen LogP contribution is -2.37. The number of halogens is 7. The van der Waals surface area contributed by atoms with Crippen LogP contribution in [0.1, 0.15) is 69.8 Å². The van der Waals surface area contributed by atoms with E-state index in [1.807, 2.05) is 13.0 Å². The Morgan fingerprint density at radius 2 is 1.23 bits per heavy atom. The van der Waals surface area contributed by atoms with Crippen molar-refractivity contribution in [1.29, 1.82) is 0 Å². The number of alkyl halides is 2. The molecule has 0 heterocycles. The molecule has 9 heteroatoms. The van der Waals surface area contributed by atoms with Gasteiger partial charge in [0.2, 0.25) is 0 Å². The van der Waals surface area contributed by atoms with Gasteiger partial charge in [-0.15, -0.1) is 0 Å². The van der Waals surface area contributed by atoms with Gasteiger partial charge in [0.05, 0.1) is 5.92 Å². The molecule has 40 heavy (non-hydrogen) atoms. The van der Waals surface area contributed by atoms with Gasteiger partial charge < -0.3 is 9.47 Å². The minimum atomic E-state index is -3.65. The van der Waals surface area contributed by atoms with Gasteiger partial charge in [0.15, 0.2) is 17.5 Å². The van der Waals surface area contributed by atoms with Crippen LogP contribution in [0.3, 0.4) is 0 Å². The van der Waals surface area contributed by atoms with E-state index in [0.29, 0.717) is 37.8 Å². The van der Waals surface area contributed by atoms with Crippen molar-refractivity contribution in [2.75, 3.05) is 6.61 Å². The van der Waals surface area contributed by atoms with Crippen molar-refractivity contribution in [3.63, 3.8) is 0 Å². The van der Waals surface area contributed by atoms with Crippen molar-refractivity contribution in [3.05, 3.63) is 83.2 Å². The minimum Gasteiger partial charge on any atom is -0.489 e. The first kappa shape index (κ1) is 30.0. The predicted octanol–water partition coefficient (Wildman–Crippen LogP) is 9.65. The van der Waals surface area contributed by atoms with Gasteiger partial charge in [0, 0.05) is 29.8 Å². The van der Waals surface area contributed by atoms with E-state index in [2.05, 4.69) is 10.8 Å². The summed E-state index contributed by atoms with van der Waals surface area (Å²) in [5.41, 5.74) is 0.105. The number of hydrogen-bond donors (Lipinski definition) is 0. The number of hydrogen-bond acceptors (Lipinski definition) is 2. The lowest BCUT2D eigenvalue weighted by atomic mass is 9.77. The van der Waals surface area contributed by atoms with Crippen LogP contribution in [0.15, 0.2) is 48.6 Å². The molecule has 0 amide bonds. The monoisotopic (exact) mass is 570 g/mol. The van der Waals surface area contributed by atoms with Gasteiger partial charge in [0.1, 0.15) is 29.7 Å². The van der Waals surface area contributed by atoms with Crippen LogP contribution in [0.4, 0.5) is 30.7 Å². The zero-order valence-electron chi connectivity index (χ0n) is 22.3. The maximum absolute atomic E-state index is 14.7. The molecule has 4 rings (SSSR count). The van der Waals surface area contributed by atoms with Crippen molar-refractivity contribution in [2.45, 2.75) is 70.3 Å². The third-order valence-electron chi connectivity index (χ3n) is 7.93. The molecule has 0 aromatic heterocycles. The van der Waals surface area contributed by atoms with Crippen LogP contribution >= 0.6 is 0 Å². The van der Waals surface area contributed by atoms with Gasteiger partial charge in [-0.25, -0.2) is 22.0 Å². The molecule has 0 unspecified atom stereocenters. The summed E-state index contributed by atoms with van der Waals surface area (Å²) >= 11 is 0. The van der Waals surface area contributed by atoms with E-state index >= 15 is 0 Å². The molecule has 0 saturated heterocycles. The van der Waals surface area contributed by atoms with Crippen LogP contribution in [0.25, 0.3) is 0 Å². The normalized spacial score (nSPS) is 24.1. The molecule has 218 valence electrons. The summed E-state index contributed by atoms with van der Waals surface area (Å²) in [7, 11) is 0. The Kier molecular flexibility index (Phi) is 9.85. The van der Waals surface area contributed by atoms with Gasteiger partial charge in [-0.2, -0.15) is 8.78 Å². The van der Waals surface area contributed by atoms with Crippen LogP contribution in [0, 0.1) is 46.8 Å². The molecule has 0 aliphatic heterocycles. The van der Waals surface area contributed by atoms with E-state index in [1.54, 1.807) is 12.2 Å². The van der Waals surface area contributed by atoms with Crippen molar-refractivity contribution in [3.8, 4) is 11.5 Å². The van der Waals surface area contributed by atoms with Crippen molar-refractivity contribution in [1.82, 2.24) is 0 Å². The van der Waals surface area contributed by atoms with Gasteiger partial charge in [-0.05, 0) is 76.0 Å². The molecule has 2 aliphatic rings. The summed E-state index contributed by atoms with van der Waals surface area (Å²) < 4.78 is 108. The van der Waals surface area contributed by atoms with Crippen LogP contribution in [-0.2, 0) is 0 Å². The third kappa shape index (κ3) is 7.40. The zero-order chi connectivity index (χ0) is 28.9. The molecule has 0 bridgehead atoms. The molecule has 0 N–H and O–H groups in total. The van der Waals surface area contributed by atoms with E-state index in [4.69, 9.17) is 4.74 Å². The first-order chi connectivity index (χ1) is 19.1. The number of rotatable bonds is 9. The second-order valence-electron chi connectivity index (χ2n) is 10.7. The summed E-state index contributed by atoms with van der Waals surface area (Å²) in [6.45, 7) is 2.07. The second-order valence-corrected chi connectivity index (χ2v) is 10.7. The van der Waals surface area contributed by atoms with Crippen molar-refractivity contribution >= 4 is 0 Å². The predicted molar refractivity (Wildman–Crippen MR) is 138 cm³/mol. The summed E-state index contributed by atoms with van der Waals surface area (Å²) in [4.78, 5) is 0. The maximum Gasteiger partial charge on any atom is 0.400 e. The molecule has 2 saturated carbocycles. The number of benzene rings is 2. The lowest BCUT2D eigenvalue weighted by Gasteiger charge is -2.32. The molecular formula is C31H33F7O2.